The summed E-state index contributed by atoms with van der Waals surface area (Å²) >= 11 is 1.32. The number of hydrogen-bond donors (Lipinski definition) is 0. The quantitative estimate of drug-likeness (QED) is 0.348. The zero-order valence-corrected chi connectivity index (χ0v) is 19.4. The minimum absolute atomic E-state index is 0.203. The third-order valence-corrected chi connectivity index (χ3v) is 6.80. The highest BCUT2D eigenvalue weighted by Crippen LogP contribution is 2.33. The number of furan rings is 1. The van der Waals surface area contributed by atoms with E-state index in [9.17, 15) is 9.59 Å². The second-order valence-corrected chi connectivity index (χ2v) is 8.98. The maximum Gasteiger partial charge on any atom is 0.416 e. The molecule has 9 heteroatoms. The molecule has 1 aliphatic heterocycles. The van der Waals surface area contributed by atoms with Crippen molar-refractivity contribution in [3.8, 4) is 5.75 Å². The molecular weight excluding hydrogens is 454 g/mol. The van der Waals surface area contributed by atoms with Crippen molar-refractivity contribution in [1.29, 1.82) is 0 Å². The summed E-state index contributed by atoms with van der Waals surface area (Å²) in [6, 6.07) is 19.4. The van der Waals surface area contributed by atoms with Gasteiger partial charge in [-0.25, -0.2) is 14.7 Å². The number of rotatable bonds is 8. The predicted octanol–water partition coefficient (Wildman–Crippen LogP) is 4.37. The van der Waals surface area contributed by atoms with Crippen LogP contribution in [0.5, 0.6) is 5.75 Å². The SMILES string of the molecule is COc1ccc2nc(SC(Cc3ccco3)C(=O)N3CCOC3=O)n(Cc3ccccc3)c2c1. The van der Waals surface area contributed by atoms with E-state index < -0.39 is 11.3 Å². The normalized spacial score (nSPS) is 14.4. The van der Waals surface area contributed by atoms with Crippen LogP contribution in [0, 0.1) is 0 Å². The highest BCUT2D eigenvalue weighted by molar-refractivity contribution is 8.00. The molecular formula is C25H23N3O5S. The number of methoxy groups -OCH3 is 1. The third kappa shape index (κ3) is 4.51. The van der Waals surface area contributed by atoms with Crippen LogP contribution in [-0.4, -0.2) is 52.0 Å². The van der Waals surface area contributed by atoms with Gasteiger partial charge in [0.15, 0.2) is 5.16 Å². The van der Waals surface area contributed by atoms with Gasteiger partial charge < -0.3 is 18.5 Å². The van der Waals surface area contributed by atoms with Gasteiger partial charge in [0.1, 0.15) is 18.1 Å². The number of thioether (sulfide) groups is 1. The number of cyclic esters (lactones) is 1. The lowest BCUT2D eigenvalue weighted by Crippen LogP contribution is -2.39. The van der Waals surface area contributed by atoms with Gasteiger partial charge in [0, 0.05) is 12.5 Å². The molecule has 1 atom stereocenters. The van der Waals surface area contributed by atoms with Crippen molar-refractivity contribution in [2.24, 2.45) is 0 Å². The first kappa shape index (κ1) is 22.1. The molecule has 1 aliphatic rings. The summed E-state index contributed by atoms with van der Waals surface area (Å²) in [6.45, 7) is 1.01. The molecule has 1 fully saturated rings. The van der Waals surface area contributed by atoms with Gasteiger partial charge in [-0.05, 0) is 29.8 Å². The Kier molecular flexibility index (Phi) is 6.27. The topological polar surface area (TPSA) is 86.8 Å². The van der Waals surface area contributed by atoms with Crippen LogP contribution < -0.4 is 4.74 Å². The summed E-state index contributed by atoms with van der Waals surface area (Å²) in [6.07, 6.45) is 1.28. The van der Waals surface area contributed by atoms with Gasteiger partial charge in [-0.3, -0.25) is 4.79 Å². The molecule has 34 heavy (non-hydrogen) atoms. The van der Waals surface area contributed by atoms with Crippen LogP contribution in [0.25, 0.3) is 11.0 Å². The van der Waals surface area contributed by atoms with Crippen LogP contribution in [0.15, 0.2) is 76.5 Å². The molecule has 2 aromatic heterocycles. The number of aromatic nitrogens is 2. The number of carbonyl (C=O) groups excluding carboxylic acids is 2. The highest BCUT2D eigenvalue weighted by Gasteiger charge is 2.35. The first-order chi connectivity index (χ1) is 16.6. The minimum atomic E-state index is -0.620. The van der Waals surface area contributed by atoms with Crippen LogP contribution >= 0.6 is 11.8 Å². The Morgan fingerprint density at radius 2 is 2.03 bits per heavy atom. The summed E-state index contributed by atoms with van der Waals surface area (Å²) in [5.74, 6) is 1.06. The molecule has 1 unspecified atom stereocenters. The van der Waals surface area contributed by atoms with E-state index in [1.807, 2.05) is 54.6 Å². The molecule has 0 aliphatic carbocycles. The van der Waals surface area contributed by atoms with E-state index >= 15 is 0 Å². The molecule has 0 radical (unpaired) electrons. The summed E-state index contributed by atoms with van der Waals surface area (Å²) in [4.78, 5) is 31.5. The molecule has 8 nitrogen and oxygen atoms in total. The minimum Gasteiger partial charge on any atom is -0.497 e. The number of hydrogen-bond acceptors (Lipinski definition) is 7. The van der Waals surface area contributed by atoms with Gasteiger partial charge in [0.2, 0.25) is 5.91 Å². The maximum absolute atomic E-state index is 13.4. The van der Waals surface area contributed by atoms with Gasteiger partial charge in [0.05, 0.1) is 42.7 Å². The average Bonchev–Trinajstić information content (AvgIpc) is 3.60. The monoisotopic (exact) mass is 477 g/mol. The van der Waals surface area contributed by atoms with E-state index in [2.05, 4.69) is 4.57 Å². The Hall–Kier alpha value is -3.72. The number of benzene rings is 2. The van der Waals surface area contributed by atoms with Crippen molar-refractivity contribution >= 4 is 34.8 Å². The van der Waals surface area contributed by atoms with E-state index in [1.165, 1.54) is 11.8 Å². The highest BCUT2D eigenvalue weighted by atomic mass is 32.2. The van der Waals surface area contributed by atoms with Crippen LogP contribution in [0.1, 0.15) is 11.3 Å². The zero-order valence-electron chi connectivity index (χ0n) is 18.5. The molecule has 0 saturated carbocycles. The number of nitrogens with zero attached hydrogens (tertiary/aromatic N) is 3. The summed E-state index contributed by atoms with van der Waals surface area (Å²) in [7, 11) is 1.63. The van der Waals surface area contributed by atoms with E-state index in [4.69, 9.17) is 18.9 Å². The molecule has 0 spiro atoms. The molecule has 3 heterocycles. The van der Waals surface area contributed by atoms with Crippen molar-refractivity contribution in [3.63, 3.8) is 0 Å². The van der Waals surface area contributed by atoms with Crippen molar-refractivity contribution in [2.75, 3.05) is 20.3 Å². The fourth-order valence-electron chi connectivity index (χ4n) is 3.90. The van der Waals surface area contributed by atoms with Gasteiger partial charge >= 0.3 is 6.09 Å². The summed E-state index contributed by atoms with van der Waals surface area (Å²) in [5, 5.41) is 0.0506. The van der Waals surface area contributed by atoms with Gasteiger partial charge in [-0.15, -0.1) is 0 Å². The Morgan fingerprint density at radius 1 is 1.18 bits per heavy atom. The number of amides is 2. The van der Waals surface area contributed by atoms with Crippen molar-refractivity contribution < 1.29 is 23.5 Å². The Labute approximate surface area is 200 Å². The second-order valence-electron chi connectivity index (χ2n) is 7.81. The van der Waals surface area contributed by atoms with Gasteiger partial charge in [-0.1, -0.05) is 42.1 Å². The van der Waals surface area contributed by atoms with Crippen molar-refractivity contribution in [2.45, 2.75) is 23.4 Å². The standard InChI is InChI=1S/C25H23N3O5S/c1-31-18-9-10-20-21(14-18)28(16-17-6-3-2-4-7-17)24(26-20)34-22(15-19-8-5-12-32-19)23(29)27-11-13-33-25(27)30/h2-10,12,14,22H,11,13,15-16H2,1H3. The van der Waals surface area contributed by atoms with E-state index in [1.54, 1.807) is 19.4 Å². The molecule has 2 amide bonds. The number of fused-ring (bicyclic) bond motifs is 1. The lowest BCUT2D eigenvalue weighted by atomic mass is 10.2. The van der Waals surface area contributed by atoms with Crippen molar-refractivity contribution in [3.05, 3.63) is 78.3 Å². The summed E-state index contributed by atoms with van der Waals surface area (Å²) in [5.41, 5.74) is 2.79. The molecule has 0 bridgehead atoms. The van der Waals surface area contributed by atoms with Gasteiger partial charge in [-0.2, -0.15) is 0 Å². The van der Waals surface area contributed by atoms with Crippen LogP contribution in [0.3, 0.4) is 0 Å². The van der Waals surface area contributed by atoms with Crippen LogP contribution in [0.4, 0.5) is 4.79 Å². The molecule has 1 saturated heterocycles. The predicted molar refractivity (Wildman–Crippen MR) is 127 cm³/mol. The smallest absolute Gasteiger partial charge is 0.416 e. The molecule has 0 N–H and O–H groups in total. The van der Waals surface area contributed by atoms with E-state index in [0.29, 0.717) is 23.9 Å². The fourth-order valence-corrected chi connectivity index (χ4v) is 5.07. The maximum atomic E-state index is 13.4. The van der Waals surface area contributed by atoms with Crippen LogP contribution in [-0.2, 0) is 22.5 Å². The molecule has 174 valence electrons. The lowest BCUT2D eigenvalue weighted by molar-refractivity contribution is -0.127. The first-order valence-electron chi connectivity index (χ1n) is 10.9. The molecule has 4 aromatic rings. The zero-order chi connectivity index (χ0) is 23.5. The molecule has 2 aromatic carbocycles. The fraction of sp³-hybridized carbons (Fsp3) is 0.240. The van der Waals surface area contributed by atoms with Crippen molar-refractivity contribution in [1.82, 2.24) is 14.5 Å². The summed E-state index contributed by atoms with van der Waals surface area (Å²) < 4.78 is 18.0. The molecule has 5 rings (SSSR count). The number of imidazole rings is 1. The Morgan fingerprint density at radius 3 is 2.74 bits per heavy atom. The second kappa shape index (κ2) is 9.64. The number of ether oxygens (including phenoxy) is 2. The third-order valence-electron chi connectivity index (χ3n) is 5.62. The Balaban J connectivity index is 1.54. The number of imide groups is 1. The van der Waals surface area contributed by atoms with E-state index in [0.717, 1.165) is 27.2 Å². The lowest BCUT2D eigenvalue weighted by Gasteiger charge is -2.19. The average molecular weight is 478 g/mol. The van der Waals surface area contributed by atoms with E-state index in [-0.39, 0.29) is 19.1 Å². The van der Waals surface area contributed by atoms with Crippen LogP contribution in [0.2, 0.25) is 0 Å². The number of carbonyl (C=O) groups is 2. The Bertz CT molecular complexity index is 1300. The largest absolute Gasteiger partial charge is 0.497 e. The van der Waals surface area contributed by atoms with Gasteiger partial charge in [0.25, 0.3) is 0 Å². The first-order valence-corrected chi connectivity index (χ1v) is 11.8.